The summed E-state index contributed by atoms with van der Waals surface area (Å²) in [6, 6.07) is 25.5. The van der Waals surface area contributed by atoms with Crippen LogP contribution in [-0.4, -0.2) is 80.2 Å². The molecule has 9 rings (SSSR count). The number of esters is 2. The second-order valence-electron chi connectivity index (χ2n) is 14.0. The number of ketones is 1. The normalized spacial score (nSPS) is 16.2. The number of ether oxygens (including phenoxy) is 10. The molecule has 3 aliphatic heterocycles. The number of Topliss-reactive ketones (excluding diaryl/α,β-unsaturated/α-hetero) is 1. The summed E-state index contributed by atoms with van der Waals surface area (Å²) in [5.74, 6) is -0.304. The van der Waals surface area contributed by atoms with Crippen LogP contribution in [0.4, 0.5) is 0 Å². The zero-order chi connectivity index (χ0) is 44.3. The first-order valence-corrected chi connectivity index (χ1v) is 20.2. The van der Waals surface area contributed by atoms with E-state index in [0.717, 1.165) is 11.7 Å². The van der Waals surface area contributed by atoms with Gasteiger partial charge in [-0.1, -0.05) is 6.07 Å². The van der Waals surface area contributed by atoms with E-state index in [1.54, 1.807) is 112 Å². The van der Waals surface area contributed by atoms with Crippen molar-refractivity contribution in [1.82, 2.24) is 8.75 Å². The molecular formula is C46H40N2O14S. The van der Waals surface area contributed by atoms with Crippen LogP contribution in [-0.2, 0) is 24.8 Å². The van der Waals surface area contributed by atoms with Gasteiger partial charge in [-0.15, -0.1) is 0 Å². The molecule has 17 heteroatoms. The van der Waals surface area contributed by atoms with Gasteiger partial charge >= 0.3 is 11.9 Å². The number of methoxy groups -OCH3 is 4. The predicted octanol–water partition coefficient (Wildman–Crippen LogP) is 7.10. The molecule has 0 amide bonds. The lowest BCUT2D eigenvalue weighted by molar-refractivity contribution is -0.178. The van der Waals surface area contributed by atoms with Gasteiger partial charge in [0, 0.05) is 17.5 Å². The molecule has 0 bridgehead atoms. The number of nitrogens with zero attached hydrogens (tertiary/aromatic N) is 2. The van der Waals surface area contributed by atoms with Crippen LogP contribution in [0.15, 0.2) is 91.0 Å². The fourth-order valence-electron chi connectivity index (χ4n) is 7.35. The molecule has 0 saturated heterocycles. The standard InChI is InChI=1S/C25H18N2O7S.C21H22O7/c1-30-16-6-4-15(5-7-16)25(29)22(13-3-8-17-18(9-13)27-35-26-17)21(24(28)34-25)14-10-19(31-2)23-20(11-14)32-12-33-23;1-4-26-21(23)16(11-17(22)13-5-7-15(24-2)8-6-13)14-9-18(25-3)20-19(10-14)27-12-28-20/h3-11,29H,12H2,1-2H3;5-10,16H,4,11-12H2,1-3H3. The van der Waals surface area contributed by atoms with Crippen molar-refractivity contribution in [1.29, 1.82) is 0 Å². The quantitative estimate of drug-likeness (QED) is 0.0912. The highest BCUT2D eigenvalue weighted by atomic mass is 32.1. The van der Waals surface area contributed by atoms with Crippen molar-refractivity contribution >= 4 is 51.6 Å². The number of cyclic esters (lactones) is 1. The Kier molecular flexibility index (Phi) is 12.0. The Bertz CT molecular complexity index is 2730. The molecule has 0 aliphatic carbocycles. The van der Waals surface area contributed by atoms with Crippen molar-refractivity contribution in [3.05, 3.63) is 119 Å². The van der Waals surface area contributed by atoms with Crippen LogP contribution in [0.25, 0.3) is 22.2 Å². The monoisotopic (exact) mass is 876 g/mol. The molecule has 63 heavy (non-hydrogen) atoms. The van der Waals surface area contributed by atoms with Crippen LogP contribution < -0.4 is 37.9 Å². The molecule has 324 valence electrons. The highest BCUT2D eigenvalue weighted by Gasteiger charge is 2.49. The minimum absolute atomic E-state index is 0.0365. The van der Waals surface area contributed by atoms with Crippen LogP contribution >= 0.6 is 11.7 Å². The summed E-state index contributed by atoms with van der Waals surface area (Å²) in [5, 5.41) is 11.9. The van der Waals surface area contributed by atoms with E-state index in [1.165, 1.54) is 14.2 Å². The number of aromatic nitrogens is 2. The second kappa shape index (κ2) is 17.9. The van der Waals surface area contributed by atoms with E-state index in [1.807, 2.05) is 0 Å². The first-order chi connectivity index (χ1) is 30.6. The summed E-state index contributed by atoms with van der Waals surface area (Å²) in [7, 11) is 6.11. The maximum absolute atomic E-state index is 13.4. The number of aliphatic hydroxyl groups is 1. The number of carbonyl (C=O) groups is 3. The van der Waals surface area contributed by atoms with Crippen molar-refractivity contribution in [3.8, 4) is 46.0 Å². The van der Waals surface area contributed by atoms with Crippen molar-refractivity contribution < 1.29 is 66.9 Å². The van der Waals surface area contributed by atoms with E-state index in [9.17, 15) is 19.5 Å². The topological polar surface area (TPSA) is 190 Å². The van der Waals surface area contributed by atoms with Crippen LogP contribution in [0.1, 0.15) is 51.9 Å². The van der Waals surface area contributed by atoms with Gasteiger partial charge in [-0.2, -0.15) is 8.75 Å². The molecule has 0 radical (unpaired) electrons. The summed E-state index contributed by atoms with van der Waals surface area (Å²) < 4.78 is 62.5. The Hall–Kier alpha value is -7.37. The van der Waals surface area contributed by atoms with Gasteiger partial charge in [0.05, 0.1) is 63.8 Å². The second-order valence-corrected chi connectivity index (χ2v) is 14.5. The van der Waals surface area contributed by atoms with E-state index in [4.69, 9.17) is 47.4 Å². The van der Waals surface area contributed by atoms with Gasteiger partial charge in [0.15, 0.2) is 28.8 Å². The van der Waals surface area contributed by atoms with E-state index < -0.39 is 23.6 Å². The third-order valence-corrected chi connectivity index (χ3v) is 11.0. The molecule has 0 fully saturated rings. The Morgan fingerprint density at radius 1 is 0.730 bits per heavy atom. The largest absolute Gasteiger partial charge is 0.497 e. The maximum atomic E-state index is 13.4. The number of benzene rings is 5. The Morgan fingerprint density at radius 3 is 1.98 bits per heavy atom. The molecule has 5 aromatic carbocycles. The molecule has 6 aromatic rings. The molecule has 1 N–H and O–H groups in total. The predicted molar refractivity (Wildman–Crippen MR) is 227 cm³/mol. The summed E-state index contributed by atoms with van der Waals surface area (Å²) in [6.07, 6.45) is -0.0477. The number of rotatable bonds is 13. The molecule has 0 saturated carbocycles. The first kappa shape index (κ1) is 42.3. The zero-order valence-electron chi connectivity index (χ0n) is 34.6. The van der Waals surface area contributed by atoms with Crippen LogP contribution in [0.3, 0.4) is 0 Å². The van der Waals surface area contributed by atoms with Gasteiger partial charge in [0.25, 0.3) is 5.79 Å². The van der Waals surface area contributed by atoms with Crippen LogP contribution in [0.5, 0.6) is 46.0 Å². The highest BCUT2D eigenvalue weighted by Crippen LogP contribution is 2.52. The van der Waals surface area contributed by atoms with E-state index in [0.29, 0.717) is 84.8 Å². The van der Waals surface area contributed by atoms with Gasteiger partial charge in [-0.3, -0.25) is 9.59 Å². The van der Waals surface area contributed by atoms with Gasteiger partial charge < -0.3 is 52.5 Å². The average Bonchev–Trinajstić information content (AvgIpc) is 4.14. The summed E-state index contributed by atoms with van der Waals surface area (Å²) in [5.41, 5.74) is 4.21. The summed E-state index contributed by atoms with van der Waals surface area (Å²) >= 11 is 1.08. The lowest BCUT2D eigenvalue weighted by Gasteiger charge is -2.26. The van der Waals surface area contributed by atoms with E-state index in [2.05, 4.69) is 8.75 Å². The van der Waals surface area contributed by atoms with Gasteiger partial charge in [-0.05, 0) is 109 Å². The first-order valence-electron chi connectivity index (χ1n) is 19.5. The number of hydrogen-bond donors (Lipinski definition) is 1. The third-order valence-electron chi connectivity index (χ3n) is 10.5. The lowest BCUT2D eigenvalue weighted by Crippen LogP contribution is -2.28. The highest BCUT2D eigenvalue weighted by molar-refractivity contribution is 7.00. The number of hydrogen-bond acceptors (Lipinski definition) is 17. The molecule has 1 aromatic heterocycles. The summed E-state index contributed by atoms with van der Waals surface area (Å²) in [6.45, 7) is 2.05. The SMILES string of the molecule is CCOC(=O)C(CC(=O)c1ccc(OC)cc1)c1cc(OC)c2c(c1)OCO2.COc1ccc(C2(O)OC(=O)C(c3cc(OC)c4c(c3)OCO4)=C2c2ccc3nsnc3c2)cc1. The fraction of sp³-hybridized carbons (Fsp3) is 0.239. The van der Waals surface area contributed by atoms with E-state index >= 15 is 0 Å². The van der Waals surface area contributed by atoms with Gasteiger partial charge in [0.1, 0.15) is 22.5 Å². The van der Waals surface area contributed by atoms with Crippen molar-refractivity contribution in [2.24, 2.45) is 0 Å². The van der Waals surface area contributed by atoms with E-state index in [-0.39, 0.29) is 43.5 Å². The molecule has 3 aliphatic rings. The zero-order valence-corrected chi connectivity index (χ0v) is 35.4. The van der Waals surface area contributed by atoms with Crippen molar-refractivity contribution in [3.63, 3.8) is 0 Å². The van der Waals surface area contributed by atoms with Crippen molar-refractivity contribution in [2.45, 2.75) is 25.0 Å². The van der Waals surface area contributed by atoms with Gasteiger partial charge in [-0.25, -0.2) is 4.79 Å². The van der Waals surface area contributed by atoms with Crippen LogP contribution in [0.2, 0.25) is 0 Å². The minimum Gasteiger partial charge on any atom is -0.497 e. The molecule has 2 unspecified atom stereocenters. The molecule has 16 nitrogen and oxygen atoms in total. The lowest BCUT2D eigenvalue weighted by atomic mass is 9.87. The fourth-order valence-corrected chi connectivity index (χ4v) is 7.87. The average molecular weight is 877 g/mol. The van der Waals surface area contributed by atoms with Gasteiger partial charge in [0.2, 0.25) is 25.1 Å². The number of carbonyl (C=O) groups excluding carboxylic acids is 3. The summed E-state index contributed by atoms with van der Waals surface area (Å²) in [4.78, 5) is 38.8. The van der Waals surface area contributed by atoms with Crippen molar-refractivity contribution in [2.75, 3.05) is 48.6 Å². The molecule has 0 spiro atoms. The minimum atomic E-state index is -2.07. The maximum Gasteiger partial charge on any atom is 0.342 e. The Balaban J connectivity index is 0.000000178. The van der Waals surface area contributed by atoms with Crippen LogP contribution in [0, 0.1) is 0 Å². The smallest absolute Gasteiger partial charge is 0.342 e. The molecule has 4 heterocycles. The molecular weight excluding hydrogens is 837 g/mol. The Morgan fingerprint density at radius 2 is 1.35 bits per heavy atom. The third kappa shape index (κ3) is 8.23. The molecule has 2 atom stereocenters. The Labute approximate surface area is 364 Å². The number of fused-ring (bicyclic) bond motifs is 3.